The summed E-state index contributed by atoms with van der Waals surface area (Å²) in [4.78, 5) is 37.1. The third-order valence-corrected chi connectivity index (χ3v) is 3.81. The smallest absolute Gasteiger partial charge is 0.324 e. The molecule has 0 saturated carbocycles. The van der Waals surface area contributed by atoms with E-state index in [2.05, 4.69) is 10.6 Å². The molecule has 0 bridgehead atoms. The number of hydrogen-bond acceptors (Lipinski definition) is 3. The Bertz CT molecular complexity index is 808. The lowest BCUT2D eigenvalue weighted by molar-refractivity contribution is -0.132. The Balaban J connectivity index is 1.77. The van der Waals surface area contributed by atoms with Crippen LogP contribution in [0.3, 0.4) is 0 Å². The molecular weight excluding hydrogens is 294 g/mol. The predicted molar refractivity (Wildman–Crippen MR) is 86.9 cm³/mol. The van der Waals surface area contributed by atoms with Gasteiger partial charge in [-0.15, -0.1) is 0 Å². The fourth-order valence-corrected chi connectivity index (χ4v) is 2.63. The van der Waals surface area contributed by atoms with Crippen LogP contribution >= 0.6 is 0 Å². The first-order valence-corrected chi connectivity index (χ1v) is 7.30. The summed E-state index contributed by atoms with van der Waals surface area (Å²) in [6.07, 6.45) is 0. The number of carbonyl (C=O) groups excluding carboxylic acids is 3. The van der Waals surface area contributed by atoms with E-state index in [1.165, 1.54) is 0 Å². The minimum Gasteiger partial charge on any atom is -0.324 e. The molecule has 1 heterocycles. The van der Waals surface area contributed by atoms with Gasteiger partial charge in [0.25, 0.3) is 5.91 Å². The number of urea groups is 1. The van der Waals surface area contributed by atoms with E-state index in [0.29, 0.717) is 5.69 Å². The van der Waals surface area contributed by atoms with E-state index >= 15 is 0 Å². The second kappa shape index (κ2) is 5.39. The van der Waals surface area contributed by atoms with Gasteiger partial charge in [-0.25, -0.2) is 4.79 Å². The highest BCUT2D eigenvalue weighted by molar-refractivity contribution is 6.10. The van der Waals surface area contributed by atoms with Gasteiger partial charge in [0, 0.05) is 11.1 Å². The molecule has 118 valence electrons. The minimum absolute atomic E-state index is 0.308. The van der Waals surface area contributed by atoms with Gasteiger partial charge in [-0.3, -0.25) is 14.5 Å². The molecule has 2 aromatic rings. The van der Waals surface area contributed by atoms with Crippen LogP contribution in [0.25, 0.3) is 10.8 Å². The van der Waals surface area contributed by atoms with E-state index in [9.17, 15) is 14.4 Å². The van der Waals surface area contributed by atoms with Gasteiger partial charge in [-0.05, 0) is 25.3 Å². The normalized spacial score (nSPS) is 16.5. The van der Waals surface area contributed by atoms with Crippen molar-refractivity contribution in [3.63, 3.8) is 0 Å². The highest BCUT2D eigenvalue weighted by atomic mass is 16.2. The monoisotopic (exact) mass is 311 g/mol. The number of hydrogen-bond donors (Lipinski definition) is 2. The molecule has 23 heavy (non-hydrogen) atoms. The number of fused-ring (bicyclic) bond motifs is 1. The second-order valence-electron chi connectivity index (χ2n) is 6.02. The van der Waals surface area contributed by atoms with Gasteiger partial charge in [-0.1, -0.05) is 36.4 Å². The molecule has 0 aliphatic carbocycles. The van der Waals surface area contributed by atoms with Crippen molar-refractivity contribution in [2.24, 2.45) is 0 Å². The Hall–Kier alpha value is -2.89. The standard InChI is InChI=1S/C17H17N3O3/c1-17(2)15(22)20(16(23)19-17)10-14(21)18-13-9-5-7-11-6-3-4-8-12(11)13/h3-9H,10H2,1-2H3,(H,18,21)(H,19,23). The number of rotatable bonds is 3. The summed E-state index contributed by atoms with van der Waals surface area (Å²) in [6.45, 7) is 2.91. The van der Waals surface area contributed by atoms with Crippen LogP contribution in [0.5, 0.6) is 0 Å². The largest absolute Gasteiger partial charge is 0.325 e. The number of benzene rings is 2. The van der Waals surface area contributed by atoms with Crippen molar-refractivity contribution in [2.75, 3.05) is 11.9 Å². The number of anilines is 1. The Morgan fingerprint density at radius 3 is 2.52 bits per heavy atom. The quantitative estimate of drug-likeness (QED) is 0.852. The molecular formula is C17H17N3O3. The molecule has 6 nitrogen and oxygen atoms in total. The van der Waals surface area contributed by atoms with Crippen LogP contribution in [0, 0.1) is 0 Å². The first kappa shape index (κ1) is 15.0. The highest BCUT2D eigenvalue weighted by Gasteiger charge is 2.44. The molecule has 0 spiro atoms. The van der Waals surface area contributed by atoms with Crippen LogP contribution in [0.15, 0.2) is 42.5 Å². The zero-order valence-electron chi connectivity index (χ0n) is 12.9. The lowest BCUT2D eigenvalue weighted by atomic mass is 10.1. The van der Waals surface area contributed by atoms with Crippen LogP contribution in [0.2, 0.25) is 0 Å². The second-order valence-corrected chi connectivity index (χ2v) is 6.02. The molecule has 0 radical (unpaired) electrons. The summed E-state index contributed by atoms with van der Waals surface area (Å²) < 4.78 is 0. The van der Waals surface area contributed by atoms with Crippen LogP contribution in [-0.4, -0.2) is 34.8 Å². The van der Waals surface area contributed by atoms with Crippen LogP contribution in [0.1, 0.15) is 13.8 Å². The maximum absolute atomic E-state index is 12.2. The number of amides is 4. The van der Waals surface area contributed by atoms with Crippen LogP contribution in [-0.2, 0) is 9.59 Å². The van der Waals surface area contributed by atoms with Crippen molar-refractivity contribution in [1.29, 1.82) is 0 Å². The van der Waals surface area contributed by atoms with E-state index in [1.807, 2.05) is 36.4 Å². The van der Waals surface area contributed by atoms with Gasteiger partial charge in [0.05, 0.1) is 0 Å². The topological polar surface area (TPSA) is 78.5 Å². The van der Waals surface area contributed by atoms with Gasteiger partial charge in [0.15, 0.2) is 0 Å². The maximum atomic E-state index is 12.2. The third-order valence-electron chi connectivity index (χ3n) is 3.81. The van der Waals surface area contributed by atoms with Crippen LogP contribution < -0.4 is 10.6 Å². The molecule has 0 aromatic heterocycles. The van der Waals surface area contributed by atoms with Crippen molar-refractivity contribution in [1.82, 2.24) is 10.2 Å². The molecule has 1 aliphatic rings. The van der Waals surface area contributed by atoms with Gasteiger partial charge in [0.1, 0.15) is 12.1 Å². The summed E-state index contributed by atoms with van der Waals surface area (Å²) in [5.41, 5.74) is -0.323. The number of imide groups is 1. The average molecular weight is 311 g/mol. The molecule has 0 unspecified atom stereocenters. The van der Waals surface area contributed by atoms with Crippen molar-refractivity contribution in [3.8, 4) is 0 Å². The molecule has 1 saturated heterocycles. The average Bonchev–Trinajstić information content (AvgIpc) is 2.70. The minimum atomic E-state index is -0.975. The summed E-state index contributed by atoms with van der Waals surface area (Å²) in [7, 11) is 0. The Labute approximate surface area is 133 Å². The molecule has 1 fully saturated rings. The van der Waals surface area contributed by atoms with Crippen molar-refractivity contribution < 1.29 is 14.4 Å². The maximum Gasteiger partial charge on any atom is 0.325 e. The van der Waals surface area contributed by atoms with Gasteiger partial charge in [0.2, 0.25) is 5.91 Å². The lowest BCUT2D eigenvalue weighted by Crippen LogP contribution is -2.41. The van der Waals surface area contributed by atoms with Crippen molar-refractivity contribution >= 4 is 34.3 Å². The molecule has 4 amide bonds. The molecule has 2 aromatic carbocycles. The van der Waals surface area contributed by atoms with E-state index < -0.39 is 23.4 Å². The van der Waals surface area contributed by atoms with E-state index in [-0.39, 0.29) is 6.54 Å². The van der Waals surface area contributed by atoms with E-state index in [1.54, 1.807) is 19.9 Å². The fraction of sp³-hybridized carbons (Fsp3) is 0.235. The third kappa shape index (κ3) is 2.75. The Morgan fingerprint density at radius 1 is 1.13 bits per heavy atom. The number of carbonyl (C=O) groups is 3. The van der Waals surface area contributed by atoms with Gasteiger partial charge >= 0.3 is 6.03 Å². The van der Waals surface area contributed by atoms with E-state index in [0.717, 1.165) is 15.7 Å². The van der Waals surface area contributed by atoms with E-state index in [4.69, 9.17) is 0 Å². The Kier molecular flexibility index (Phi) is 3.52. The fourth-order valence-electron chi connectivity index (χ4n) is 2.63. The predicted octanol–water partition coefficient (Wildman–Crippen LogP) is 2.11. The summed E-state index contributed by atoms with van der Waals surface area (Å²) in [5, 5.41) is 7.22. The first-order valence-electron chi connectivity index (χ1n) is 7.30. The van der Waals surface area contributed by atoms with Gasteiger partial charge < -0.3 is 10.6 Å². The molecule has 3 rings (SSSR count). The zero-order chi connectivity index (χ0) is 16.6. The molecule has 6 heteroatoms. The Morgan fingerprint density at radius 2 is 1.83 bits per heavy atom. The molecule has 0 atom stereocenters. The molecule has 1 aliphatic heterocycles. The van der Waals surface area contributed by atoms with Crippen molar-refractivity contribution in [3.05, 3.63) is 42.5 Å². The first-order chi connectivity index (χ1) is 10.9. The zero-order valence-corrected chi connectivity index (χ0v) is 12.9. The summed E-state index contributed by atoms with van der Waals surface area (Å²) in [5.74, 6) is -0.821. The summed E-state index contributed by atoms with van der Waals surface area (Å²) in [6, 6.07) is 12.7. The lowest BCUT2D eigenvalue weighted by Gasteiger charge is -2.16. The SMILES string of the molecule is CC1(C)NC(=O)N(CC(=O)Nc2cccc3ccccc23)C1=O. The number of nitrogens with zero attached hydrogens (tertiary/aromatic N) is 1. The summed E-state index contributed by atoms with van der Waals surface area (Å²) >= 11 is 0. The highest BCUT2D eigenvalue weighted by Crippen LogP contribution is 2.23. The number of nitrogens with one attached hydrogen (secondary N) is 2. The van der Waals surface area contributed by atoms with Crippen molar-refractivity contribution in [2.45, 2.75) is 19.4 Å². The molecule has 2 N–H and O–H groups in total. The van der Waals surface area contributed by atoms with Crippen LogP contribution in [0.4, 0.5) is 10.5 Å². The van der Waals surface area contributed by atoms with Gasteiger partial charge in [-0.2, -0.15) is 0 Å².